The van der Waals surface area contributed by atoms with Crippen LogP contribution in [0.15, 0.2) is 17.2 Å². The third kappa shape index (κ3) is 2.99. The molecule has 1 heterocycles. The van der Waals surface area contributed by atoms with E-state index in [0.717, 1.165) is 25.3 Å². The lowest BCUT2D eigenvalue weighted by atomic mass is 9.93. The lowest BCUT2D eigenvalue weighted by Gasteiger charge is -2.21. The van der Waals surface area contributed by atoms with Crippen LogP contribution in [0.1, 0.15) is 46.5 Å². The summed E-state index contributed by atoms with van der Waals surface area (Å²) in [7, 11) is 0. The Morgan fingerprint density at radius 1 is 1.42 bits per heavy atom. The van der Waals surface area contributed by atoms with Gasteiger partial charge in [-0.15, -0.1) is 0 Å². The zero-order chi connectivity index (χ0) is 13.8. The van der Waals surface area contributed by atoms with Crippen molar-refractivity contribution in [2.45, 2.75) is 59.0 Å². The van der Waals surface area contributed by atoms with Gasteiger partial charge in [0.25, 0.3) is 5.56 Å². The van der Waals surface area contributed by atoms with Crippen molar-refractivity contribution in [3.05, 3.63) is 22.7 Å². The molecule has 3 unspecified atom stereocenters. The van der Waals surface area contributed by atoms with Gasteiger partial charge in [-0.25, -0.2) is 4.98 Å². The molecule has 1 aliphatic rings. The average Bonchev–Trinajstić information content (AvgIpc) is 2.75. The maximum Gasteiger partial charge on any atom is 0.293 e. The van der Waals surface area contributed by atoms with Gasteiger partial charge < -0.3 is 9.88 Å². The summed E-state index contributed by atoms with van der Waals surface area (Å²) >= 11 is 0. The van der Waals surface area contributed by atoms with Gasteiger partial charge in [-0.1, -0.05) is 27.2 Å². The van der Waals surface area contributed by atoms with Crippen LogP contribution in [0.4, 0.5) is 5.82 Å². The van der Waals surface area contributed by atoms with Gasteiger partial charge in [0, 0.05) is 25.0 Å². The number of nitrogens with zero attached hydrogens (tertiary/aromatic N) is 2. The van der Waals surface area contributed by atoms with Crippen LogP contribution in [-0.2, 0) is 6.54 Å². The zero-order valence-electron chi connectivity index (χ0n) is 12.2. The second kappa shape index (κ2) is 6.22. The minimum absolute atomic E-state index is 0.0106. The Hall–Kier alpha value is -1.32. The van der Waals surface area contributed by atoms with E-state index in [1.807, 2.05) is 0 Å². The van der Waals surface area contributed by atoms with E-state index < -0.39 is 0 Å². The first-order valence-electron chi connectivity index (χ1n) is 7.49. The van der Waals surface area contributed by atoms with Crippen molar-refractivity contribution in [2.24, 2.45) is 11.8 Å². The summed E-state index contributed by atoms with van der Waals surface area (Å²) in [4.78, 5) is 16.5. The highest BCUT2D eigenvalue weighted by atomic mass is 16.1. The number of aryl methyl sites for hydroxylation is 1. The van der Waals surface area contributed by atoms with E-state index in [2.05, 4.69) is 31.1 Å². The van der Waals surface area contributed by atoms with Gasteiger partial charge >= 0.3 is 0 Å². The highest BCUT2D eigenvalue weighted by Crippen LogP contribution is 2.34. The fourth-order valence-corrected chi connectivity index (χ4v) is 3.17. The molecule has 0 bridgehead atoms. The third-order valence-corrected chi connectivity index (χ3v) is 4.45. The number of anilines is 1. The molecule has 1 fully saturated rings. The van der Waals surface area contributed by atoms with Crippen LogP contribution in [0, 0.1) is 11.8 Å². The van der Waals surface area contributed by atoms with Gasteiger partial charge in [-0.3, -0.25) is 4.79 Å². The molecule has 106 valence electrons. The van der Waals surface area contributed by atoms with Gasteiger partial charge in [-0.05, 0) is 31.1 Å². The molecule has 1 N–H and O–H groups in total. The van der Waals surface area contributed by atoms with Crippen LogP contribution in [0.25, 0.3) is 0 Å². The summed E-state index contributed by atoms with van der Waals surface area (Å²) in [5.41, 5.74) is 0.0106. The molecule has 1 aromatic rings. The van der Waals surface area contributed by atoms with Crippen molar-refractivity contribution in [1.82, 2.24) is 9.55 Å². The first kappa shape index (κ1) is 14.1. The van der Waals surface area contributed by atoms with Gasteiger partial charge in [0.05, 0.1) is 0 Å². The lowest BCUT2D eigenvalue weighted by Crippen LogP contribution is -2.31. The minimum atomic E-state index is 0.0106. The number of nitrogens with one attached hydrogen (secondary N) is 1. The van der Waals surface area contributed by atoms with E-state index in [1.54, 1.807) is 17.0 Å². The molecule has 0 radical (unpaired) electrons. The first-order valence-corrected chi connectivity index (χ1v) is 7.49. The van der Waals surface area contributed by atoms with E-state index in [0.29, 0.717) is 17.8 Å². The molecule has 1 aromatic heterocycles. The summed E-state index contributed by atoms with van der Waals surface area (Å²) in [6, 6.07) is 0.391. The van der Waals surface area contributed by atoms with Crippen LogP contribution >= 0.6 is 0 Å². The van der Waals surface area contributed by atoms with Crippen molar-refractivity contribution in [3.63, 3.8) is 0 Å². The Bertz CT molecular complexity index is 469. The quantitative estimate of drug-likeness (QED) is 0.888. The minimum Gasteiger partial charge on any atom is -0.362 e. The van der Waals surface area contributed by atoms with Crippen LogP contribution in [-0.4, -0.2) is 15.6 Å². The summed E-state index contributed by atoms with van der Waals surface area (Å²) < 4.78 is 1.74. The predicted octanol–water partition coefficient (Wildman–Crippen LogP) is 2.89. The summed E-state index contributed by atoms with van der Waals surface area (Å²) in [5, 5.41) is 3.38. The third-order valence-electron chi connectivity index (χ3n) is 4.45. The highest BCUT2D eigenvalue weighted by Gasteiger charge is 2.32. The van der Waals surface area contributed by atoms with Crippen LogP contribution in [0.2, 0.25) is 0 Å². The van der Waals surface area contributed by atoms with Crippen molar-refractivity contribution < 1.29 is 0 Å². The molecular weight excluding hydrogens is 238 g/mol. The number of hydrogen-bond donors (Lipinski definition) is 1. The summed E-state index contributed by atoms with van der Waals surface area (Å²) in [5.74, 6) is 1.91. The Morgan fingerprint density at radius 3 is 2.84 bits per heavy atom. The van der Waals surface area contributed by atoms with Gasteiger partial charge in [-0.2, -0.15) is 0 Å². The van der Waals surface area contributed by atoms with E-state index >= 15 is 0 Å². The van der Waals surface area contributed by atoms with E-state index in [4.69, 9.17) is 0 Å². The fraction of sp³-hybridized carbons (Fsp3) is 0.733. The number of hydrogen-bond acceptors (Lipinski definition) is 3. The van der Waals surface area contributed by atoms with Crippen molar-refractivity contribution in [3.8, 4) is 0 Å². The normalized spacial score (nSPS) is 26.6. The fourth-order valence-electron chi connectivity index (χ4n) is 3.17. The second-order valence-electron chi connectivity index (χ2n) is 5.63. The molecule has 19 heavy (non-hydrogen) atoms. The van der Waals surface area contributed by atoms with Gasteiger partial charge in [0.2, 0.25) is 0 Å². The van der Waals surface area contributed by atoms with E-state index in [-0.39, 0.29) is 5.56 Å². The SMILES string of the molecule is CCCn1ccnc(NC2CCC(CC)C2C)c1=O. The Balaban J connectivity index is 2.12. The smallest absolute Gasteiger partial charge is 0.293 e. The largest absolute Gasteiger partial charge is 0.362 e. The first-order chi connectivity index (χ1) is 9.17. The molecule has 4 nitrogen and oxygen atoms in total. The van der Waals surface area contributed by atoms with Gasteiger partial charge in [0.1, 0.15) is 0 Å². The molecule has 0 saturated heterocycles. The van der Waals surface area contributed by atoms with Gasteiger partial charge in [0.15, 0.2) is 5.82 Å². The van der Waals surface area contributed by atoms with Crippen LogP contribution < -0.4 is 10.9 Å². The lowest BCUT2D eigenvalue weighted by molar-refractivity contribution is 0.391. The Kier molecular flexibility index (Phi) is 4.61. The summed E-state index contributed by atoms with van der Waals surface area (Å²) in [6.07, 6.45) is 8.07. The van der Waals surface area contributed by atoms with Crippen LogP contribution in [0.5, 0.6) is 0 Å². The van der Waals surface area contributed by atoms with Crippen molar-refractivity contribution >= 4 is 5.82 Å². The standard InChI is InChI=1S/C15H25N3O/c1-4-9-18-10-8-16-14(15(18)19)17-13-7-6-12(5-2)11(13)3/h8,10-13H,4-7,9H2,1-3H3,(H,16,17). The molecule has 0 aliphatic heterocycles. The monoisotopic (exact) mass is 263 g/mol. The summed E-state index contributed by atoms with van der Waals surface area (Å²) in [6.45, 7) is 7.36. The molecule has 1 saturated carbocycles. The molecule has 3 atom stereocenters. The maximum atomic E-state index is 12.2. The van der Waals surface area contributed by atoms with E-state index in [1.165, 1.54) is 12.8 Å². The van der Waals surface area contributed by atoms with E-state index in [9.17, 15) is 4.79 Å². The molecule has 2 rings (SSSR count). The number of rotatable bonds is 5. The molecule has 1 aliphatic carbocycles. The predicted molar refractivity (Wildman–Crippen MR) is 78.4 cm³/mol. The van der Waals surface area contributed by atoms with Crippen molar-refractivity contribution in [2.75, 3.05) is 5.32 Å². The highest BCUT2D eigenvalue weighted by molar-refractivity contribution is 5.33. The molecular formula is C15H25N3O. The molecule has 4 heteroatoms. The second-order valence-corrected chi connectivity index (χ2v) is 5.63. The maximum absolute atomic E-state index is 12.2. The number of aromatic nitrogens is 2. The van der Waals surface area contributed by atoms with Crippen LogP contribution in [0.3, 0.4) is 0 Å². The topological polar surface area (TPSA) is 46.9 Å². The Labute approximate surface area is 115 Å². The molecule has 0 aromatic carbocycles. The average molecular weight is 263 g/mol. The Morgan fingerprint density at radius 2 is 2.21 bits per heavy atom. The zero-order valence-corrected chi connectivity index (χ0v) is 12.2. The molecule has 0 spiro atoms. The van der Waals surface area contributed by atoms with Crippen molar-refractivity contribution in [1.29, 1.82) is 0 Å². The molecule has 0 amide bonds.